The first-order valence-electron chi connectivity index (χ1n) is 11.1. The van der Waals surface area contributed by atoms with E-state index < -0.39 is 12.0 Å². The molecule has 0 saturated carbocycles. The number of methoxy groups -OCH3 is 1. The largest absolute Gasteiger partial charge is 0.465 e. The summed E-state index contributed by atoms with van der Waals surface area (Å²) in [5.41, 5.74) is 2.09. The fourth-order valence-corrected chi connectivity index (χ4v) is 3.83. The molecule has 1 aliphatic rings. The molecule has 1 saturated heterocycles. The van der Waals surface area contributed by atoms with Crippen molar-refractivity contribution >= 4 is 35.6 Å². The van der Waals surface area contributed by atoms with Gasteiger partial charge in [0, 0.05) is 18.0 Å². The molecule has 33 heavy (non-hydrogen) atoms. The second-order valence-corrected chi connectivity index (χ2v) is 8.29. The van der Waals surface area contributed by atoms with Crippen LogP contribution in [0.4, 0.5) is 4.79 Å². The molecule has 8 nitrogen and oxygen atoms in total. The number of urea groups is 1. The average Bonchev–Trinajstić information content (AvgIpc) is 3.31. The number of aryl methyl sites for hydroxylation is 1. The minimum absolute atomic E-state index is 0.228. The standard InChI is InChI=1S/C24H29ClN4O4/c1-4-6-8-21-26-14-18(13-20-22(30)28(11-7-5-2)24(32)27-20)29(21)15-17-10-9-16(12-19(17)25)23(31)33-3/h9-10,12-14H,4-8,11,15H2,1-3H3,(H,27,32)/b20-13-. The Morgan fingerprint density at radius 3 is 2.64 bits per heavy atom. The molecule has 0 atom stereocenters. The first-order valence-corrected chi connectivity index (χ1v) is 11.5. The van der Waals surface area contributed by atoms with E-state index in [0.717, 1.165) is 43.5 Å². The number of carbonyl (C=O) groups excluding carboxylic acids is 3. The molecule has 1 aromatic heterocycles. The van der Waals surface area contributed by atoms with Crippen molar-refractivity contribution in [3.8, 4) is 0 Å². The summed E-state index contributed by atoms with van der Waals surface area (Å²) in [5.74, 6) is 0.0662. The minimum atomic E-state index is -0.455. The predicted octanol–water partition coefficient (Wildman–Crippen LogP) is 4.41. The number of rotatable bonds is 10. The lowest BCUT2D eigenvalue weighted by molar-refractivity contribution is -0.122. The van der Waals surface area contributed by atoms with Gasteiger partial charge in [-0.15, -0.1) is 0 Å². The van der Waals surface area contributed by atoms with Crippen molar-refractivity contribution in [1.82, 2.24) is 19.8 Å². The number of ether oxygens (including phenoxy) is 1. The number of hydrogen-bond donors (Lipinski definition) is 1. The second kappa shape index (κ2) is 11.1. The zero-order chi connectivity index (χ0) is 24.0. The van der Waals surface area contributed by atoms with E-state index in [1.54, 1.807) is 30.5 Å². The van der Waals surface area contributed by atoms with E-state index in [1.165, 1.54) is 12.0 Å². The van der Waals surface area contributed by atoms with E-state index in [4.69, 9.17) is 16.3 Å². The minimum Gasteiger partial charge on any atom is -0.465 e. The van der Waals surface area contributed by atoms with Crippen LogP contribution < -0.4 is 5.32 Å². The molecule has 1 aromatic carbocycles. The quantitative estimate of drug-likeness (QED) is 0.314. The molecular formula is C24H29ClN4O4. The molecule has 176 valence electrons. The summed E-state index contributed by atoms with van der Waals surface area (Å²) in [6, 6.07) is 4.62. The van der Waals surface area contributed by atoms with Crippen molar-refractivity contribution < 1.29 is 19.1 Å². The van der Waals surface area contributed by atoms with Gasteiger partial charge in [-0.3, -0.25) is 9.69 Å². The van der Waals surface area contributed by atoms with Gasteiger partial charge >= 0.3 is 12.0 Å². The maximum Gasteiger partial charge on any atom is 0.337 e. The summed E-state index contributed by atoms with van der Waals surface area (Å²) in [6.07, 6.45) is 7.74. The fourth-order valence-electron chi connectivity index (χ4n) is 3.59. The number of amides is 3. The highest BCUT2D eigenvalue weighted by Gasteiger charge is 2.33. The van der Waals surface area contributed by atoms with Crippen molar-refractivity contribution in [2.45, 2.75) is 52.5 Å². The summed E-state index contributed by atoms with van der Waals surface area (Å²) < 4.78 is 6.74. The number of imidazole rings is 1. The van der Waals surface area contributed by atoms with E-state index >= 15 is 0 Å². The molecule has 3 rings (SSSR count). The van der Waals surface area contributed by atoms with Crippen LogP contribution in [0, 0.1) is 0 Å². The molecular weight excluding hydrogens is 444 g/mol. The van der Waals surface area contributed by atoms with E-state index in [2.05, 4.69) is 17.2 Å². The monoisotopic (exact) mass is 472 g/mol. The molecule has 0 bridgehead atoms. The summed E-state index contributed by atoms with van der Waals surface area (Å²) in [6.45, 7) is 4.91. The lowest BCUT2D eigenvalue weighted by atomic mass is 10.1. The van der Waals surface area contributed by atoms with E-state index in [0.29, 0.717) is 29.4 Å². The molecule has 3 amide bonds. The highest BCUT2D eigenvalue weighted by molar-refractivity contribution is 6.31. The first-order chi connectivity index (χ1) is 15.9. The van der Waals surface area contributed by atoms with Gasteiger partial charge in [0.25, 0.3) is 5.91 Å². The summed E-state index contributed by atoms with van der Waals surface area (Å²) in [5, 5.41) is 3.11. The van der Waals surface area contributed by atoms with Crippen LogP contribution in [-0.4, -0.2) is 46.0 Å². The van der Waals surface area contributed by atoms with Crippen LogP contribution in [0.2, 0.25) is 5.02 Å². The van der Waals surface area contributed by atoms with E-state index in [-0.39, 0.29) is 11.6 Å². The topological polar surface area (TPSA) is 93.5 Å². The molecule has 0 aliphatic carbocycles. The number of unbranched alkanes of at least 4 members (excludes halogenated alkanes) is 2. The molecule has 0 unspecified atom stereocenters. The number of nitrogens with one attached hydrogen (secondary N) is 1. The number of esters is 1. The molecule has 9 heteroatoms. The molecule has 1 N–H and O–H groups in total. The average molecular weight is 473 g/mol. The highest BCUT2D eigenvalue weighted by Crippen LogP contribution is 2.23. The Morgan fingerprint density at radius 1 is 1.21 bits per heavy atom. The van der Waals surface area contributed by atoms with Crippen LogP contribution in [0.3, 0.4) is 0 Å². The summed E-state index contributed by atoms with van der Waals surface area (Å²) in [4.78, 5) is 42.6. The Labute approximate surface area is 198 Å². The van der Waals surface area contributed by atoms with Crippen molar-refractivity contribution in [3.63, 3.8) is 0 Å². The van der Waals surface area contributed by atoms with Crippen molar-refractivity contribution in [2.24, 2.45) is 0 Å². The van der Waals surface area contributed by atoms with Gasteiger partial charge in [0.05, 0.1) is 31.1 Å². The zero-order valence-corrected chi connectivity index (χ0v) is 19.9. The van der Waals surface area contributed by atoms with Crippen LogP contribution in [0.25, 0.3) is 6.08 Å². The Balaban J connectivity index is 1.93. The number of halogens is 1. The Morgan fingerprint density at radius 2 is 1.97 bits per heavy atom. The van der Waals surface area contributed by atoms with Crippen LogP contribution in [0.15, 0.2) is 30.1 Å². The lowest BCUT2D eigenvalue weighted by Crippen LogP contribution is -2.31. The third kappa shape index (κ3) is 5.63. The van der Waals surface area contributed by atoms with Crippen molar-refractivity contribution in [1.29, 1.82) is 0 Å². The normalized spacial score (nSPS) is 14.8. The number of hydrogen-bond acceptors (Lipinski definition) is 5. The maximum atomic E-state index is 12.7. The molecule has 2 heterocycles. The maximum absolute atomic E-state index is 12.7. The molecule has 0 radical (unpaired) electrons. The van der Waals surface area contributed by atoms with Crippen LogP contribution >= 0.6 is 11.6 Å². The number of benzene rings is 1. The van der Waals surface area contributed by atoms with E-state index in [1.807, 2.05) is 11.5 Å². The summed E-state index contributed by atoms with van der Waals surface area (Å²) in [7, 11) is 1.32. The van der Waals surface area contributed by atoms with Gasteiger partial charge in [-0.2, -0.15) is 0 Å². The van der Waals surface area contributed by atoms with Gasteiger partial charge in [0.2, 0.25) is 0 Å². The summed E-state index contributed by atoms with van der Waals surface area (Å²) >= 11 is 6.46. The third-order valence-corrected chi connectivity index (χ3v) is 5.87. The molecule has 2 aromatic rings. The van der Waals surface area contributed by atoms with Gasteiger partial charge in [0.15, 0.2) is 0 Å². The lowest BCUT2D eigenvalue weighted by Gasteiger charge is -2.13. The van der Waals surface area contributed by atoms with E-state index in [9.17, 15) is 14.4 Å². The van der Waals surface area contributed by atoms with Gasteiger partial charge in [-0.05, 0) is 36.6 Å². The smallest absolute Gasteiger partial charge is 0.337 e. The third-order valence-electron chi connectivity index (χ3n) is 5.52. The number of nitrogens with zero attached hydrogens (tertiary/aromatic N) is 3. The predicted molar refractivity (Wildman–Crippen MR) is 126 cm³/mol. The van der Waals surface area contributed by atoms with Gasteiger partial charge in [0.1, 0.15) is 11.5 Å². The first kappa shape index (κ1) is 24.5. The van der Waals surface area contributed by atoms with Gasteiger partial charge < -0.3 is 14.6 Å². The number of imide groups is 1. The Kier molecular flexibility index (Phi) is 8.27. The second-order valence-electron chi connectivity index (χ2n) is 7.89. The van der Waals surface area contributed by atoms with Crippen LogP contribution in [0.5, 0.6) is 0 Å². The van der Waals surface area contributed by atoms with Gasteiger partial charge in [-0.1, -0.05) is 44.4 Å². The van der Waals surface area contributed by atoms with Gasteiger partial charge in [-0.25, -0.2) is 14.6 Å². The SMILES string of the molecule is CCCCc1ncc(/C=C2\NC(=O)N(CCCC)C2=O)n1Cc1ccc(C(=O)OC)cc1Cl. The van der Waals surface area contributed by atoms with Crippen molar-refractivity contribution in [3.05, 3.63) is 57.8 Å². The highest BCUT2D eigenvalue weighted by atomic mass is 35.5. The Bertz CT molecular complexity index is 1080. The van der Waals surface area contributed by atoms with Crippen LogP contribution in [-0.2, 0) is 22.5 Å². The van der Waals surface area contributed by atoms with Crippen molar-refractivity contribution in [2.75, 3.05) is 13.7 Å². The molecule has 1 aliphatic heterocycles. The molecule has 1 fully saturated rings. The fraction of sp³-hybridized carbons (Fsp3) is 0.417. The Hall–Kier alpha value is -3.13. The number of aromatic nitrogens is 2. The zero-order valence-electron chi connectivity index (χ0n) is 19.2. The number of carbonyl (C=O) groups is 3. The van der Waals surface area contributed by atoms with Crippen LogP contribution in [0.1, 0.15) is 67.0 Å². The molecule has 0 spiro atoms.